The highest BCUT2D eigenvalue weighted by molar-refractivity contribution is 8.03. The smallest absolute Gasteiger partial charge is 0.231 e. The van der Waals surface area contributed by atoms with E-state index in [1.54, 1.807) is 11.8 Å². The molecule has 0 spiro atoms. The Morgan fingerprint density at radius 2 is 2.04 bits per heavy atom. The lowest BCUT2D eigenvalue weighted by atomic mass is 10.1. The molecule has 1 fully saturated rings. The summed E-state index contributed by atoms with van der Waals surface area (Å²) in [4.78, 5) is 14.5. The fourth-order valence-electron chi connectivity index (χ4n) is 2.79. The minimum absolute atomic E-state index is 0.159. The van der Waals surface area contributed by atoms with Gasteiger partial charge in [-0.25, -0.2) is 0 Å². The van der Waals surface area contributed by atoms with E-state index in [2.05, 4.69) is 18.1 Å². The Morgan fingerprint density at radius 3 is 2.70 bits per heavy atom. The zero-order valence-corrected chi connectivity index (χ0v) is 14.6. The number of hydrogen-bond donors (Lipinski definition) is 0. The number of aromatic nitrogens is 2. The summed E-state index contributed by atoms with van der Waals surface area (Å²) in [7, 11) is 1.95. The van der Waals surface area contributed by atoms with Gasteiger partial charge in [0, 0.05) is 30.6 Å². The average molecular weight is 327 g/mol. The first kappa shape index (κ1) is 15.9. The summed E-state index contributed by atoms with van der Waals surface area (Å²) < 4.78 is 1.89. The number of carbonyl (C=O) groups excluding carboxylic acids is 1. The van der Waals surface area contributed by atoms with Gasteiger partial charge in [-0.2, -0.15) is 5.10 Å². The van der Waals surface area contributed by atoms with Gasteiger partial charge in [0.1, 0.15) is 0 Å². The lowest BCUT2D eigenvalue weighted by molar-refractivity contribution is -0.127. The number of benzene rings is 1. The van der Waals surface area contributed by atoms with Gasteiger partial charge in [-0.05, 0) is 25.5 Å². The van der Waals surface area contributed by atoms with Crippen LogP contribution in [0.15, 0.2) is 35.4 Å². The van der Waals surface area contributed by atoms with Gasteiger partial charge in [-0.1, -0.05) is 30.3 Å². The number of nitrogens with zero attached hydrogens (tertiary/aromatic N) is 3. The number of thioether (sulfide) groups is 1. The zero-order chi connectivity index (χ0) is 16.4. The Labute approximate surface area is 141 Å². The highest BCUT2D eigenvalue weighted by Gasteiger charge is 2.25. The van der Waals surface area contributed by atoms with Crippen LogP contribution in [0.3, 0.4) is 0 Å². The van der Waals surface area contributed by atoms with Crippen LogP contribution < -0.4 is 0 Å². The molecule has 0 radical (unpaired) electrons. The largest absolute Gasteiger partial charge is 0.306 e. The van der Waals surface area contributed by atoms with E-state index >= 15 is 0 Å². The third-order valence-corrected chi connectivity index (χ3v) is 5.18. The van der Waals surface area contributed by atoms with Crippen molar-refractivity contribution in [1.29, 1.82) is 0 Å². The summed E-state index contributed by atoms with van der Waals surface area (Å²) in [6, 6.07) is 9.92. The van der Waals surface area contributed by atoms with Crippen molar-refractivity contribution in [2.45, 2.75) is 20.3 Å². The van der Waals surface area contributed by atoms with Crippen molar-refractivity contribution < 1.29 is 4.79 Å². The van der Waals surface area contributed by atoms with E-state index in [1.807, 2.05) is 53.9 Å². The van der Waals surface area contributed by atoms with Crippen LogP contribution in [0.2, 0.25) is 0 Å². The van der Waals surface area contributed by atoms with Crippen molar-refractivity contribution >= 4 is 23.7 Å². The van der Waals surface area contributed by atoms with E-state index < -0.39 is 0 Å². The predicted molar refractivity (Wildman–Crippen MR) is 95.0 cm³/mol. The fraction of sp³-hybridized carbons (Fsp3) is 0.333. The highest BCUT2D eigenvalue weighted by Crippen LogP contribution is 2.31. The fourth-order valence-corrected chi connectivity index (χ4v) is 3.82. The van der Waals surface area contributed by atoms with Crippen LogP contribution in [0.4, 0.5) is 0 Å². The molecule has 1 saturated heterocycles. The quantitative estimate of drug-likeness (QED) is 0.869. The van der Waals surface area contributed by atoms with E-state index in [0.717, 1.165) is 39.8 Å². The van der Waals surface area contributed by atoms with E-state index in [0.29, 0.717) is 6.42 Å². The number of hydrogen-bond acceptors (Lipinski definition) is 3. The van der Waals surface area contributed by atoms with Gasteiger partial charge in [0.15, 0.2) is 0 Å². The average Bonchev–Trinajstić information content (AvgIpc) is 3.09. The van der Waals surface area contributed by atoms with Crippen molar-refractivity contribution in [3.63, 3.8) is 0 Å². The molecular formula is C18H21N3OS. The van der Waals surface area contributed by atoms with Crippen molar-refractivity contribution in [1.82, 2.24) is 14.7 Å². The normalized spacial score (nSPS) is 16.3. The Bertz CT molecular complexity index is 749. The maximum Gasteiger partial charge on any atom is 0.231 e. The summed E-state index contributed by atoms with van der Waals surface area (Å²) in [5.74, 6) is 1.11. The maximum absolute atomic E-state index is 12.6. The third kappa shape index (κ3) is 3.34. The molecule has 0 atom stereocenters. The Kier molecular flexibility index (Phi) is 4.57. The molecule has 3 rings (SSSR count). The maximum atomic E-state index is 12.6. The number of amides is 1. The molecule has 0 saturated carbocycles. The second kappa shape index (κ2) is 6.62. The molecule has 1 amide bonds. The standard InChI is InChI=1S/C18H21N3OS/c1-13-16(14(2)20(3)19-13)12-18-21(9-10-23-18)17(22)11-15-7-5-4-6-8-15/h4-8,12H,9-11H2,1-3H3/b18-12+. The molecule has 0 N–H and O–H groups in total. The molecule has 120 valence electrons. The second-order valence-electron chi connectivity index (χ2n) is 5.75. The molecule has 0 unspecified atom stereocenters. The summed E-state index contributed by atoms with van der Waals surface area (Å²) in [5.41, 5.74) is 4.30. The minimum Gasteiger partial charge on any atom is -0.306 e. The molecule has 1 aliphatic heterocycles. The van der Waals surface area contributed by atoms with Gasteiger partial charge in [0.2, 0.25) is 5.91 Å². The van der Waals surface area contributed by atoms with E-state index in [-0.39, 0.29) is 5.91 Å². The molecular weight excluding hydrogens is 306 g/mol. The molecule has 5 heteroatoms. The van der Waals surface area contributed by atoms with Crippen LogP contribution in [0, 0.1) is 13.8 Å². The van der Waals surface area contributed by atoms with Crippen LogP contribution in [-0.2, 0) is 18.3 Å². The second-order valence-corrected chi connectivity index (χ2v) is 6.86. The lowest BCUT2D eigenvalue weighted by Gasteiger charge is -2.17. The van der Waals surface area contributed by atoms with Gasteiger partial charge >= 0.3 is 0 Å². The van der Waals surface area contributed by atoms with Gasteiger partial charge < -0.3 is 4.90 Å². The molecule has 2 heterocycles. The molecule has 1 aromatic heterocycles. The lowest BCUT2D eigenvalue weighted by Crippen LogP contribution is -2.28. The van der Waals surface area contributed by atoms with Gasteiger partial charge in [0.25, 0.3) is 0 Å². The first-order chi connectivity index (χ1) is 11.1. The molecule has 2 aromatic rings. The number of aryl methyl sites for hydroxylation is 2. The molecule has 0 aliphatic carbocycles. The summed E-state index contributed by atoms with van der Waals surface area (Å²) in [6.45, 7) is 4.85. The van der Waals surface area contributed by atoms with Gasteiger partial charge in [0.05, 0.1) is 17.1 Å². The SMILES string of the molecule is Cc1nn(C)c(C)c1/C=C1/SCCN1C(=O)Cc1ccccc1. The van der Waals surface area contributed by atoms with E-state index in [4.69, 9.17) is 0 Å². The van der Waals surface area contributed by atoms with Crippen LogP contribution >= 0.6 is 11.8 Å². The van der Waals surface area contributed by atoms with Crippen molar-refractivity contribution in [3.8, 4) is 0 Å². The topological polar surface area (TPSA) is 38.1 Å². The van der Waals surface area contributed by atoms with Crippen molar-refractivity contribution in [2.24, 2.45) is 7.05 Å². The molecule has 23 heavy (non-hydrogen) atoms. The number of carbonyl (C=O) groups is 1. The molecule has 4 nitrogen and oxygen atoms in total. The van der Waals surface area contributed by atoms with Crippen LogP contribution in [0.1, 0.15) is 22.5 Å². The van der Waals surface area contributed by atoms with Crippen molar-refractivity contribution in [3.05, 3.63) is 57.9 Å². The number of rotatable bonds is 3. The van der Waals surface area contributed by atoms with Crippen LogP contribution in [0.5, 0.6) is 0 Å². The Balaban J connectivity index is 1.82. The van der Waals surface area contributed by atoms with E-state index in [9.17, 15) is 4.79 Å². The monoisotopic (exact) mass is 327 g/mol. The molecule has 0 bridgehead atoms. The Morgan fingerprint density at radius 1 is 1.30 bits per heavy atom. The first-order valence-electron chi connectivity index (χ1n) is 7.75. The summed E-state index contributed by atoms with van der Waals surface area (Å²) in [5, 5.41) is 5.48. The van der Waals surface area contributed by atoms with Crippen LogP contribution in [-0.4, -0.2) is 32.9 Å². The highest BCUT2D eigenvalue weighted by atomic mass is 32.2. The van der Waals surface area contributed by atoms with Gasteiger partial charge in [-0.3, -0.25) is 9.48 Å². The van der Waals surface area contributed by atoms with Crippen LogP contribution in [0.25, 0.3) is 6.08 Å². The molecule has 1 aliphatic rings. The Hall–Kier alpha value is -2.01. The van der Waals surface area contributed by atoms with E-state index in [1.165, 1.54) is 0 Å². The predicted octanol–water partition coefficient (Wildman–Crippen LogP) is 3.15. The van der Waals surface area contributed by atoms with Crippen molar-refractivity contribution in [2.75, 3.05) is 12.3 Å². The third-order valence-electron chi connectivity index (χ3n) is 4.16. The molecule has 1 aromatic carbocycles. The zero-order valence-electron chi connectivity index (χ0n) is 13.7. The summed E-state index contributed by atoms with van der Waals surface area (Å²) in [6.07, 6.45) is 2.56. The minimum atomic E-state index is 0.159. The summed E-state index contributed by atoms with van der Waals surface area (Å²) >= 11 is 1.74. The van der Waals surface area contributed by atoms with Gasteiger partial charge in [-0.15, -0.1) is 11.8 Å². The first-order valence-corrected chi connectivity index (χ1v) is 8.74.